The normalized spacial score (nSPS) is 22.2. The van der Waals surface area contributed by atoms with Crippen molar-refractivity contribution < 1.29 is 23.1 Å². The van der Waals surface area contributed by atoms with E-state index in [1.54, 1.807) is 6.92 Å². The van der Waals surface area contributed by atoms with Crippen LogP contribution in [0.3, 0.4) is 0 Å². The second-order valence-corrected chi connectivity index (χ2v) is 7.26. The van der Waals surface area contributed by atoms with Crippen molar-refractivity contribution in [2.45, 2.75) is 38.8 Å². The van der Waals surface area contributed by atoms with Gasteiger partial charge in [0.15, 0.2) is 0 Å². The van der Waals surface area contributed by atoms with E-state index >= 15 is 0 Å². The van der Waals surface area contributed by atoms with E-state index in [9.17, 15) is 18.0 Å². The molecule has 1 saturated heterocycles. The number of amides is 2. The number of carboxylic acids is 1. The molecule has 19 heavy (non-hydrogen) atoms. The highest BCUT2D eigenvalue weighted by Crippen LogP contribution is 2.12. The molecule has 2 unspecified atom stereocenters. The van der Waals surface area contributed by atoms with Crippen molar-refractivity contribution in [3.05, 3.63) is 0 Å². The molecule has 2 amide bonds. The molecule has 7 nitrogen and oxygen atoms in total. The van der Waals surface area contributed by atoms with Crippen LogP contribution in [0.5, 0.6) is 0 Å². The number of sulfone groups is 1. The van der Waals surface area contributed by atoms with Gasteiger partial charge in [0.05, 0.1) is 17.4 Å². The summed E-state index contributed by atoms with van der Waals surface area (Å²) in [6.07, 6.45) is 0.803. The summed E-state index contributed by atoms with van der Waals surface area (Å²) in [5.74, 6) is -1.49. The number of carbonyl (C=O) groups excluding carboxylic acids is 1. The lowest BCUT2D eigenvalue weighted by atomic mass is 10.0. The van der Waals surface area contributed by atoms with Crippen LogP contribution >= 0.6 is 0 Å². The van der Waals surface area contributed by atoms with Crippen LogP contribution in [-0.4, -0.2) is 49.1 Å². The van der Waals surface area contributed by atoms with Gasteiger partial charge in [-0.15, -0.1) is 0 Å². The molecule has 1 aliphatic heterocycles. The first-order valence-electron chi connectivity index (χ1n) is 6.21. The monoisotopic (exact) mass is 292 g/mol. The molecule has 1 fully saturated rings. The lowest BCUT2D eigenvalue weighted by Crippen LogP contribution is -2.50. The third kappa shape index (κ3) is 5.06. The van der Waals surface area contributed by atoms with Gasteiger partial charge >= 0.3 is 12.0 Å². The quantitative estimate of drug-likeness (QED) is 0.673. The molecule has 1 rings (SSSR count). The molecule has 110 valence electrons. The van der Waals surface area contributed by atoms with Gasteiger partial charge in [-0.05, 0) is 26.7 Å². The van der Waals surface area contributed by atoms with Crippen LogP contribution in [0.2, 0.25) is 0 Å². The summed E-state index contributed by atoms with van der Waals surface area (Å²) in [5.41, 5.74) is 0. The zero-order valence-corrected chi connectivity index (χ0v) is 11.9. The molecule has 3 N–H and O–H groups in total. The highest BCUT2D eigenvalue weighted by atomic mass is 32.2. The van der Waals surface area contributed by atoms with Gasteiger partial charge in [0.2, 0.25) is 0 Å². The van der Waals surface area contributed by atoms with E-state index < -0.39 is 33.8 Å². The summed E-state index contributed by atoms with van der Waals surface area (Å²) in [6.45, 7) is 3.13. The van der Waals surface area contributed by atoms with Crippen molar-refractivity contribution in [2.75, 3.05) is 11.5 Å². The maximum atomic E-state index is 11.6. The molecule has 8 heteroatoms. The molecule has 2 atom stereocenters. The van der Waals surface area contributed by atoms with Crippen molar-refractivity contribution in [3.63, 3.8) is 0 Å². The number of carbonyl (C=O) groups is 2. The highest BCUT2D eigenvalue weighted by Gasteiger charge is 2.26. The van der Waals surface area contributed by atoms with Gasteiger partial charge in [0.25, 0.3) is 0 Å². The number of hydrogen-bond acceptors (Lipinski definition) is 4. The molecule has 0 spiro atoms. The van der Waals surface area contributed by atoms with Crippen molar-refractivity contribution >= 4 is 21.8 Å². The van der Waals surface area contributed by atoms with Gasteiger partial charge < -0.3 is 15.7 Å². The fraction of sp³-hybridized carbons (Fsp3) is 0.818. The van der Waals surface area contributed by atoms with Gasteiger partial charge in [-0.3, -0.25) is 4.79 Å². The van der Waals surface area contributed by atoms with Gasteiger partial charge in [-0.25, -0.2) is 13.2 Å². The van der Waals surface area contributed by atoms with Crippen molar-refractivity contribution in [3.8, 4) is 0 Å². The van der Waals surface area contributed by atoms with E-state index in [0.717, 1.165) is 0 Å². The number of hydrogen-bond donors (Lipinski definition) is 3. The SMILES string of the molecule is CC(NC(=O)NC1CCS(=O)(=O)CC1)C(C)C(=O)O. The molecular formula is C11H20N2O5S. The largest absolute Gasteiger partial charge is 0.481 e. The lowest BCUT2D eigenvalue weighted by molar-refractivity contribution is -0.141. The molecule has 1 aliphatic rings. The summed E-state index contributed by atoms with van der Waals surface area (Å²) in [4.78, 5) is 22.4. The van der Waals surface area contributed by atoms with Gasteiger partial charge in [-0.2, -0.15) is 0 Å². The first-order valence-corrected chi connectivity index (χ1v) is 8.03. The summed E-state index contributed by atoms with van der Waals surface area (Å²) < 4.78 is 22.5. The Morgan fingerprint density at radius 1 is 1.21 bits per heavy atom. The van der Waals surface area contributed by atoms with Crippen LogP contribution in [0.25, 0.3) is 0 Å². The molecule has 0 saturated carbocycles. The summed E-state index contributed by atoms with van der Waals surface area (Å²) >= 11 is 0. The number of rotatable bonds is 4. The Balaban J connectivity index is 2.38. The molecule has 0 bridgehead atoms. The summed E-state index contributed by atoms with van der Waals surface area (Å²) in [6, 6.07) is -1.12. The summed E-state index contributed by atoms with van der Waals surface area (Å²) in [7, 11) is -2.95. The fourth-order valence-corrected chi connectivity index (χ4v) is 3.30. The van der Waals surface area contributed by atoms with Gasteiger partial charge in [0.1, 0.15) is 9.84 Å². The van der Waals surface area contributed by atoms with E-state index in [2.05, 4.69) is 10.6 Å². The fourth-order valence-electron chi connectivity index (χ4n) is 1.81. The third-order valence-electron chi connectivity index (χ3n) is 3.39. The maximum Gasteiger partial charge on any atom is 0.315 e. The van der Waals surface area contributed by atoms with Crippen molar-refractivity contribution in [1.82, 2.24) is 10.6 Å². The predicted octanol–water partition coefficient (Wildman–Crippen LogP) is -0.0280. The maximum absolute atomic E-state index is 11.6. The predicted molar refractivity (Wildman–Crippen MR) is 69.6 cm³/mol. The molecule has 0 aromatic heterocycles. The van der Waals surface area contributed by atoms with Crippen LogP contribution < -0.4 is 10.6 Å². The molecular weight excluding hydrogens is 272 g/mol. The van der Waals surface area contributed by atoms with Crippen LogP contribution in [0.1, 0.15) is 26.7 Å². The minimum atomic E-state index is -2.95. The third-order valence-corrected chi connectivity index (χ3v) is 5.10. The zero-order valence-electron chi connectivity index (χ0n) is 11.0. The Kier molecular flexibility index (Phi) is 5.16. The number of nitrogens with one attached hydrogen (secondary N) is 2. The van der Waals surface area contributed by atoms with Gasteiger partial charge in [-0.1, -0.05) is 0 Å². The molecule has 0 radical (unpaired) electrons. The average molecular weight is 292 g/mol. The molecule has 0 aromatic carbocycles. The number of carboxylic acid groups (broad SMARTS) is 1. The Labute approximate surface area is 112 Å². The number of aliphatic carboxylic acids is 1. The Bertz CT molecular complexity index is 434. The zero-order chi connectivity index (χ0) is 14.6. The van der Waals surface area contributed by atoms with E-state index in [-0.39, 0.29) is 17.5 Å². The topological polar surface area (TPSA) is 113 Å². The lowest BCUT2D eigenvalue weighted by Gasteiger charge is -2.25. The Hall–Kier alpha value is -1.31. The average Bonchev–Trinajstić information content (AvgIpc) is 2.30. The smallest absolute Gasteiger partial charge is 0.315 e. The second kappa shape index (κ2) is 6.23. The van der Waals surface area contributed by atoms with Crippen molar-refractivity contribution in [1.29, 1.82) is 0 Å². The van der Waals surface area contributed by atoms with E-state index in [1.165, 1.54) is 6.92 Å². The second-order valence-electron chi connectivity index (χ2n) is 4.96. The first-order chi connectivity index (χ1) is 8.71. The molecule has 1 heterocycles. The number of urea groups is 1. The summed E-state index contributed by atoms with van der Waals surface area (Å²) in [5, 5.41) is 14.0. The van der Waals surface area contributed by atoms with Crippen molar-refractivity contribution in [2.24, 2.45) is 5.92 Å². The minimum Gasteiger partial charge on any atom is -0.481 e. The Morgan fingerprint density at radius 3 is 2.21 bits per heavy atom. The Morgan fingerprint density at radius 2 is 1.74 bits per heavy atom. The minimum absolute atomic E-state index is 0.0824. The van der Waals surface area contributed by atoms with Crippen LogP contribution in [0, 0.1) is 5.92 Å². The van der Waals surface area contributed by atoms with Gasteiger partial charge in [0, 0.05) is 12.1 Å². The van der Waals surface area contributed by atoms with Crippen LogP contribution in [0.15, 0.2) is 0 Å². The molecule has 0 aromatic rings. The van der Waals surface area contributed by atoms with E-state index in [1.807, 2.05) is 0 Å². The van der Waals surface area contributed by atoms with E-state index in [4.69, 9.17) is 5.11 Å². The van der Waals surface area contributed by atoms with Crippen LogP contribution in [0.4, 0.5) is 4.79 Å². The molecule has 0 aliphatic carbocycles. The highest BCUT2D eigenvalue weighted by molar-refractivity contribution is 7.91. The van der Waals surface area contributed by atoms with Crippen LogP contribution in [-0.2, 0) is 14.6 Å². The first kappa shape index (κ1) is 15.7. The standard InChI is InChI=1S/C11H20N2O5S/c1-7(10(14)15)8(2)12-11(16)13-9-3-5-19(17,18)6-4-9/h7-9H,3-6H2,1-2H3,(H,14,15)(H2,12,13,16). The van der Waals surface area contributed by atoms with E-state index in [0.29, 0.717) is 12.8 Å².